The number of thioether (sulfide) groups is 1. The summed E-state index contributed by atoms with van der Waals surface area (Å²) in [5.41, 5.74) is 1.51. The fraction of sp³-hybridized carbons (Fsp3) is 0.125. The lowest BCUT2D eigenvalue weighted by atomic mass is 10.2. The van der Waals surface area contributed by atoms with E-state index in [4.69, 9.17) is 23.2 Å². The number of halogens is 2. The molecule has 0 amide bonds. The van der Waals surface area contributed by atoms with E-state index in [0.717, 1.165) is 11.3 Å². The molecule has 0 radical (unpaired) electrons. The van der Waals surface area contributed by atoms with E-state index in [1.54, 1.807) is 18.2 Å². The van der Waals surface area contributed by atoms with Gasteiger partial charge in [0.15, 0.2) is 4.34 Å². The molecule has 2 aromatic carbocycles. The molecule has 0 aliphatic heterocycles. The van der Waals surface area contributed by atoms with Crippen LogP contribution < -0.4 is 4.72 Å². The van der Waals surface area contributed by atoms with E-state index < -0.39 is 10.0 Å². The van der Waals surface area contributed by atoms with Crippen LogP contribution in [0.2, 0.25) is 10.0 Å². The van der Waals surface area contributed by atoms with Crippen molar-refractivity contribution in [3.63, 3.8) is 0 Å². The van der Waals surface area contributed by atoms with E-state index in [9.17, 15) is 8.42 Å². The van der Waals surface area contributed by atoms with Gasteiger partial charge in [-0.05, 0) is 17.7 Å². The molecular weight excluding hydrogens is 433 g/mol. The van der Waals surface area contributed by atoms with Gasteiger partial charge in [0.25, 0.3) is 0 Å². The lowest BCUT2D eigenvalue weighted by Crippen LogP contribution is -2.15. The molecule has 26 heavy (non-hydrogen) atoms. The molecule has 0 saturated carbocycles. The lowest BCUT2D eigenvalue weighted by Gasteiger charge is -2.08. The van der Waals surface area contributed by atoms with Gasteiger partial charge in [0.2, 0.25) is 15.2 Å². The molecular formula is C16H13Cl2N3O2S3. The molecule has 0 fully saturated rings. The summed E-state index contributed by atoms with van der Waals surface area (Å²) in [6, 6.07) is 14.8. The number of sulfonamides is 1. The Hall–Kier alpha value is -1.32. The highest BCUT2D eigenvalue weighted by Crippen LogP contribution is 2.30. The maximum Gasteiger partial charge on any atom is 0.238 e. The minimum absolute atomic E-state index is 0.212. The Morgan fingerprint density at radius 1 is 1.00 bits per heavy atom. The number of hydrogen-bond acceptors (Lipinski definition) is 6. The minimum Gasteiger partial charge on any atom is -0.257 e. The number of nitrogens with one attached hydrogen (secondary N) is 1. The molecule has 0 aliphatic rings. The van der Waals surface area contributed by atoms with Crippen molar-refractivity contribution < 1.29 is 8.42 Å². The number of anilines is 1. The van der Waals surface area contributed by atoms with Crippen LogP contribution in [0.4, 0.5) is 5.13 Å². The fourth-order valence-electron chi connectivity index (χ4n) is 2.06. The van der Waals surface area contributed by atoms with Crippen LogP contribution in [0, 0.1) is 0 Å². The highest BCUT2D eigenvalue weighted by molar-refractivity contribution is 8.00. The fourth-order valence-corrected chi connectivity index (χ4v) is 5.92. The number of nitrogens with zero attached hydrogens (tertiary/aromatic N) is 2. The van der Waals surface area contributed by atoms with Gasteiger partial charge in [-0.25, -0.2) is 8.42 Å². The van der Waals surface area contributed by atoms with Crippen molar-refractivity contribution >= 4 is 61.5 Å². The van der Waals surface area contributed by atoms with Gasteiger partial charge in [0.1, 0.15) is 0 Å². The number of rotatable bonds is 7. The van der Waals surface area contributed by atoms with Crippen molar-refractivity contribution in [1.29, 1.82) is 0 Å². The third-order valence-corrected chi connectivity index (χ3v) is 7.30. The summed E-state index contributed by atoms with van der Waals surface area (Å²) < 4.78 is 27.8. The van der Waals surface area contributed by atoms with Crippen LogP contribution in [0.5, 0.6) is 0 Å². The van der Waals surface area contributed by atoms with Gasteiger partial charge in [0, 0.05) is 21.4 Å². The molecule has 1 heterocycles. The molecule has 3 aromatic rings. The second-order valence-electron chi connectivity index (χ2n) is 5.21. The van der Waals surface area contributed by atoms with Crippen molar-refractivity contribution in [2.24, 2.45) is 0 Å². The van der Waals surface area contributed by atoms with Gasteiger partial charge >= 0.3 is 0 Å². The second kappa shape index (κ2) is 8.58. The molecule has 1 N–H and O–H groups in total. The zero-order valence-corrected chi connectivity index (χ0v) is 17.2. The largest absolute Gasteiger partial charge is 0.257 e. The van der Waals surface area contributed by atoms with E-state index in [1.807, 2.05) is 30.3 Å². The third-order valence-electron chi connectivity index (χ3n) is 3.25. The molecule has 10 heteroatoms. The predicted molar refractivity (Wildman–Crippen MR) is 109 cm³/mol. The maximum absolute atomic E-state index is 12.4. The Bertz CT molecular complexity index is 975. The SMILES string of the molecule is O=S(=O)(Cc1c(Cl)cccc1Cl)Nc1nnc(SCc2ccccc2)s1. The Morgan fingerprint density at radius 2 is 1.69 bits per heavy atom. The zero-order chi connectivity index (χ0) is 18.6. The van der Waals surface area contributed by atoms with Crippen molar-refractivity contribution in [2.45, 2.75) is 15.8 Å². The molecule has 5 nitrogen and oxygen atoms in total. The molecule has 0 atom stereocenters. The van der Waals surface area contributed by atoms with Crippen molar-refractivity contribution in [2.75, 3.05) is 4.72 Å². The molecule has 0 saturated heterocycles. The van der Waals surface area contributed by atoms with Crippen LogP contribution in [-0.4, -0.2) is 18.6 Å². The summed E-state index contributed by atoms with van der Waals surface area (Å²) in [5, 5.41) is 8.72. The van der Waals surface area contributed by atoms with Crippen LogP contribution in [0.3, 0.4) is 0 Å². The number of hydrogen-bond donors (Lipinski definition) is 1. The number of aromatic nitrogens is 2. The van der Waals surface area contributed by atoms with Crippen LogP contribution in [0.1, 0.15) is 11.1 Å². The van der Waals surface area contributed by atoms with Crippen molar-refractivity contribution in [3.8, 4) is 0 Å². The second-order valence-corrected chi connectivity index (χ2v) is 9.95. The first kappa shape index (κ1) is 19.4. The Labute approximate surface area is 169 Å². The van der Waals surface area contributed by atoms with Gasteiger partial charge in [-0.15, -0.1) is 10.2 Å². The van der Waals surface area contributed by atoms with Crippen LogP contribution >= 0.6 is 46.3 Å². The van der Waals surface area contributed by atoms with Crippen LogP contribution in [0.25, 0.3) is 0 Å². The van der Waals surface area contributed by atoms with E-state index in [2.05, 4.69) is 14.9 Å². The Balaban J connectivity index is 1.64. The van der Waals surface area contributed by atoms with Gasteiger partial charge in [0.05, 0.1) is 5.75 Å². The zero-order valence-electron chi connectivity index (χ0n) is 13.2. The summed E-state index contributed by atoms with van der Waals surface area (Å²) in [7, 11) is -3.71. The molecule has 0 aliphatic carbocycles. The van der Waals surface area contributed by atoms with Crippen molar-refractivity contribution in [1.82, 2.24) is 10.2 Å². The summed E-state index contributed by atoms with van der Waals surface area (Å²) >= 11 is 14.8. The average Bonchev–Trinajstić information content (AvgIpc) is 3.04. The molecule has 0 bridgehead atoms. The molecule has 3 rings (SSSR count). The topological polar surface area (TPSA) is 72.0 Å². The standard InChI is InChI=1S/C16H13Cl2N3O2S3/c17-13-7-4-8-14(18)12(13)10-26(22,23)21-15-19-20-16(25-15)24-9-11-5-2-1-3-6-11/h1-8H,9-10H2,(H,19,21). The smallest absolute Gasteiger partial charge is 0.238 e. The summed E-state index contributed by atoms with van der Waals surface area (Å²) in [5.74, 6) is 0.398. The lowest BCUT2D eigenvalue weighted by molar-refractivity contribution is 0.600. The van der Waals surface area contributed by atoms with Gasteiger partial charge in [-0.2, -0.15) is 0 Å². The van der Waals surface area contributed by atoms with E-state index in [0.29, 0.717) is 19.9 Å². The summed E-state index contributed by atoms with van der Waals surface area (Å²) in [4.78, 5) is 0. The van der Waals surface area contributed by atoms with E-state index in [1.165, 1.54) is 23.1 Å². The highest BCUT2D eigenvalue weighted by Gasteiger charge is 2.18. The van der Waals surface area contributed by atoms with Gasteiger partial charge < -0.3 is 0 Å². The molecule has 0 spiro atoms. The van der Waals surface area contributed by atoms with E-state index in [-0.39, 0.29) is 10.9 Å². The summed E-state index contributed by atoms with van der Waals surface area (Å²) in [6.07, 6.45) is 0. The Kier molecular flexibility index (Phi) is 6.42. The molecule has 0 unspecified atom stereocenters. The molecule has 136 valence electrons. The monoisotopic (exact) mass is 445 g/mol. The summed E-state index contributed by atoms with van der Waals surface area (Å²) in [6.45, 7) is 0. The minimum atomic E-state index is -3.71. The van der Waals surface area contributed by atoms with E-state index >= 15 is 0 Å². The predicted octanol–water partition coefficient (Wildman–Crippen LogP) is 5.08. The Morgan fingerprint density at radius 3 is 2.38 bits per heavy atom. The highest BCUT2D eigenvalue weighted by atomic mass is 35.5. The van der Waals surface area contributed by atoms with Crippen molar-refractivity contribution in [3.05, 3.63) is 69.7 Å². The first-order chi connectivity index (χ1) is 12.4. The number of benzene rings is 2. The first-order valence-corrected chi connectivity index (χ1v) is 11.6. The van der Waals surface area contributed by atoms with Gasteiger partial charge in [-0.1, -0.05) is 82.7 Å². The van der Waals surface area contributed by atoms with Crippen LogP contribution in [-0.2, 0) is 21.5 Å². The van der Waals surface area contributed by atoms with Crippen LogP contribution in [0.15, 0.2) is 52.9 Å². The normalized spacial score (nSPS) is 11.5. The molecule has 1 aromatic heterocycles. The average molecular weight is 446 g/mol. The quantitative estimate of drug-likeness (QED) is 0.513. The van der Waals surface area contributed by atoms with Gasteiger partial charge in [-0.3, -0.25) is 4.72 Å². The first-order valence-electron chi connectivity index (χ1n) is 7.36. The third kappa shape index (κ3) is 5.34. The maximum atomic E-state index is 12.4.